The van der Waals surface area contributed by atoms with Crippen molar-refractivity contribution < 1.29 is 24.1 Å². The minimum absolute atomic E-state index is 0.158. The molecule has 1 aromatic rings. The SMILES string of the molecule is CCCCCCCCCCCCOc1cc(OCCCCCCCCCCCC)cc(C(=O)OCCSSCCO)c1. The molecule has 0 unspecified atom stereocenters. The van der Waals surface area contributed by atoms with E-state index < -0.39 is 0 Å². The third kappa shape index (κ3) is 23.4. The van der Waals surface area contributed by atoms with Gasteiger partial charge in [-0.2, -0.15) is 0 Å². The smallest absolute Gasteiger partial charge is 0.338 e. The fourth-order valence-electron chi connectivity index (χ4n) is 4.82. The Kier molecular flexibility index (Phi) is 27.8. The summed E-state index contributed by atoms with van der Waals surface area (Å²) in [7, 11) is 3.18. The lowest BCUT2D eigenvalue weighted by molar-refractivity contribution is 0.0529. The Morgan fingerprint density at radius 1 is 0.571 bits per heavy atom. The summed E-state index contributed by atoms with van der Waals surface area (Å²) in [5, 5.41) is 8.89. The van der Waals surface area contributed by atoms with Crippen LogP contribution < -0.4 is 9.47 Å². The Morgan fingerprint density at radius 3 is 1.40 bits per heavy atom. The highest BCUT2D eigenvalue weighted by molar-refractivity contribution is 8.76. The number of carbonyl (C=O) groups is 1. The second-order valence-corrected chi connectivity index (χ2v) is 14.0. The number of hydrogen-bond donors (Lipinski definition) is 1. The molecule has 0 aliphatic rings. The van der Waals surface area contributed by atoms with Gasteiger partial charge in [0.2, 0.25) is 0 Å². The van der Waals surface area contributed by atoms with E-state index in [1.54, 1.807) is 33.7 Å². The van der Waals surface area contributed by atoms with Gasteiger partial charge in [0.25, 0.3) is 0 Å². The van der Waals surface area contributed by atoms with Crippen LogP contribution in [0.5, 0.6) is 11.5 Å². The summed E-state index contributed by atoms with van der Waals surface area (Å²) in [4.78, 5) is 12.8. The minimum Gasteiger partial charge on any atom is -0.493 e. The number of unbranched alkanes of at least 4 members (excludes halogenated alkanes) is 18. The van der Waals surface area contributed by atoms with Gasteiger partial charge in [-0.25, -0.2) is 4.79 Å². The fraction of sp³-hybridized carbons (Fsp3) is 0.800. The van der Waals surface area contributed by atoms with E-state index in [9.17, 15) is 4.79 Å². The number of esters is 1. The summed E-state index contributed by atoms with van der Waals surface area (Å²) < 4.78 is 17.6. The van der Waals surface area contributed by atoms with E-state index in [1.165, 1.54) is 116 Å². The van der Waals surface area contributed by atoms with Crippen molar-refractivity contribution in [3.8, 4) is 11.5 Å². The van der Waals surface area contributed by atoms with Gasteiger partial charge in [0, 0.05) is 17.6 Å². The first-order valence-electron chi connectivity index (χ1n) is 17.1. The Balaban J connectivity index is 2.42. The van der Waals surface area contributed by atoms with Gasteiger partial charge >= 0.3 is 5.97 Å². The van der Waals surface area contributed by atoms with Gasteiger partial charge in [-0.3, -0.25) is 0 Å². The van der Waals surface area contributed by atoms with Crippen molar-refractivity contribution in [3.05, 3.63) is 23.8 Å². The van der Waals surface area contributed by atoms with E-state index in [4.69, 9.17) is 19.3 Å². The number of carbonyl (C=O) groups excluding carboxylic acids is 1. The third-order valence-electron chi connectivity index (χ3n) is 7.31. The van der Waals surface area contributed by atoms with E-state index in [2.05, 4.69) is 13.8 Å². The second kappa shape index (κ2) is 30.0. The van der Waals surface area contributed by atoms with Crippen LogP contribution in [-0.4, -0.2) is 49.0 Å². The van der Waals surface area contributed by atoms with E-state index in [0.717, 1.165) is 12.8 Å². The lowest BCUT2D eigenvalue weighted by atomic mass is 10.1. The summed E-state index contributed by atoms with van der Waals surface area (Å²) >= 11 is 0. The molecule has 0 aliphatic heterocycles. The number of aliphatic hydroxyl groups excluding tert-OH is 1. The Hall–Kier alpha value is -1.05. The van der Waals surface area contributed by atoms with Crippen molar-refractivity contribution in [1.82, 2.24) is 0 Å². The normalized spacial score (nSPS) is 11.1. The molecule has 1 N–H and O–H groups in total. The van der Waals surface area contributed by atoms with E-state index in [1.807, 2.05) is 6.07 Å². The Labute approximate surface area is 266 Å². The maximum absolute atomic E-state index is 12.8. The quantitative estimate of drug-likeness (QED) is 0.0499. The van der Waals surface area contributed by atoms with E-state index in [0.29, 0.717) is 48.4 Å². The van der Waals surface area contributed by atoms with Crippen LogP contribution in [0.25, 0.3) is 0 Å². The van der Waals surface area contributed by atoms with Crippen LogP contribution >= 0.6 is 21.6 Å². The van der Waals surface area contributed by atoms with Crippen LogP contribution in [0.2, 0.25) is 0 Å². The number of ether oxygens (including phenoxy) is 3. The zero-order chi connectivity index (χ0) is 30.4. The van der Waals surface area contributed by atoms with Crippen molar-refractivity contribution in [1.29, 1.82) is 0 Å². The van der Waals surface area contributed by atoms with Crippen LogP contribution in [0.3, 0.4) is 0 Å². The standard InChI is InChI=1S/C35H62O5S2/c1-3-5-7-9-11-13-15-17-19-21-24-38-33-29-32(35(37)40-26-28-42-41-27-23-36)30-34(31-33)39-25-22-20-18-16-14-12-10-8-6-4-2/h29-31,36H,3-28H2,1-2H3. The molecule has 0 aromatic heterocycles. The van der Waals surface area contributed by atoms with Crippen LogP contribution in [0.1, 0.15) is 153 Å². The maximum atomic E-state index is 12.8. The first-order chi connectivity index (χ1) is 20.7. The molecule has 0 aliphatic carbocycles. The van der Waals surface area contributed by atoms with Crippen molar-refractivity contribution in [3.63, 3.8) is 0 Å². The molecule has 0 atom stereocenters. The van der Waals surface area contributed by atoms with Gasteiger partial charge in [0.05, 0.1) is 25.4 Å². The molecule has 244 valence electrons. The molecular formula is C35H62O5S2. The van der Waals surface area contributed by atoms with Gasteiger partial charge in [0.15, 0.2) is 0 Å². The lowest BCUT2D eigenvalue weighted by Gasteiger charge is -2.13. The average Bonchev–Trinajstić information content (AvgIpc) is 3.00. The zero-order valence-electron chi connectivity index (χ0n) is 27.0. The molecule has 42 heavy (non-hydrogen) atoms. The van der Waals surface area contributed by atoms with Gasteiger partial charge in [-0.15, -0.1) is 0 Å². The van der Waals surface area contributed by atoms with Gasteiger partial charge < -0.3 is 19.3 Å². The largest absolute Gasteiger partial charge is 0.493 e. The van der Waals surface area contributed by atoms with Crippen molar-refractivity contribution in [2.24, 2.45) is 0 Å². The van der Waals surface area contributed by atoms with Gasteiger partial charge in [-0.1, -0.05) is 151 Å². The van der Waals surface area contributed by atoms with Crippen molar-refractivity contribution in [2.45, 2.75) is 142 Å². The first kappa shape index (κ1) is 39.0. The first-order valence-corrected chi connectivity index (χ1v) is 19.6. The van der Waals surface area contributed by atoms with E-state index >= 15 is 0 Å². The van der Waals surface area contributed by atoms with Gasteiger partial charge in [-0.05, 0) is 25.0 Å². The van der Waals surface area contributed by atoms with Crippen molar-refractivity contribution >= 4 is 27.6 Å². The molecule has 0 bridgehead atoms. The van der Waals surface area contributed by atoms with Crippen LogP contribution in [0, 0.1) is 0 Å². The summed E-state index contributed by atoms with van der Waals surface area (Å²) in [6, 6.07) is 5.46. The number of benzene rings is 1. The number of hydrogen-bond acceptors (Lipinski definition) is 7. The fourth-order valence-corrected chi connectivity index (χ4v) is 6.42. The molecule has 0 saturated carbocycles. The highest BCUT2D eigenvalue weighted by atomic mass is 33.1. The molecule has 7 heteroatoms. The van der Waals surface area contributed by atoms with Crippen molar-refractivity contribution in [2.75, 3.05) is 37.9 Å². The summed E-state index contributed by atoms with van der Waals surface area (Å²) in [5.74, 6) is 2.36. The third-order valence-corrected chi connectivity index (χ3v) is 9.66. The molecule has 1 rings (SSSR count). The topological polar surface area (TPSA) is 65.0 Å². The maximum Gasteiger partial charge on any atom is 0.338 e. The summed E-state index contributed by atoms with van der Waals surface area (Å²) in [6.07, 6.45) is 25.8. The number of aliphatic hydroxyl groups is 1. The summed E-state index contributed by atoms with van der Waals surface area (Å²) in [5.41, 5.74) is 0.474. The second-order valence-electron chi connectivity index (χ2n) is 11.3. The summed E-state index contributed by atoms with van der Waals surface area (Å²) in [6.45, 7) is 6.31. The molecule has 0 fully saturated rings. The minimum atomic E-state index is -0.351. The molecular weight excluding hydrogens is 565 g/mol. The van der Waals surface area contributed by atoms with E-state index in [-0.39, 0.29) is 12.6 Å². The van der Waals surface area contributed by atoms with Crippen LogP contribution in [-0.2, 0) is 4.74 Å². The Morgan fingerprint density at radius 2 is 0.976 bits per heavy atom. The predicted molar refractivity (Wildman–Crippen MR) is 183 cm³/mol. The molecule has 0 amide bonds. The predicted octanol–water partition coefficient (Wildman–Crippen LogP) is 10.8. The Bertz CT molecular complexity index is 702. The zero-order valence-corrected chi connectivity index (χ0v) is 28.6. The molecule has 1 aromatic carbocycles. The van der Waals surface area contributed by atoms with Gasteiger partial charge in [0.1, 0.15) is 18.1 Å². The molecule has 0 saturated heterocycles. The molecule has 0 spiro atoms. The number of rotatable bonds is 31. The lowest BCUT2D eigenvalue weighted by Crippen LogP contribution is -2.09. The van der Waals surface area contributed by atoms with Crippen LogP contribution in [0.15, 0.2) is 18.2 Å². The highest BCUT2D eigenvalue weighted by Gasteiger charge is 2.12. The average molecular weight is 627 g/mol. The molecule has 0 heterocycles. The monoisotopic (exact) mass is 626 g/mol. The van der Waals surface area contributed by atoms with Crippen LogP contribution in [0.4, 0.5) is 0 Å². The molecule has 5 nitrogen and oxygen atoms in total. The highest BCUT2D eigenvalue weighted by Crippen LogP contribution is 2.25. The molecule has 0 radical (unpaired) electrons.